The quantitative estimate of drug-likeness (QED) is 0.784. The Morgan fingerprint density at radius 2 is 1.76 bits per heavy atom. The first-order chi connectivity index (χ1) is 8.11. The Balaban J connectivity index is 2.44. The molecule has 0 aliphatic heterocycles. The molecule has 0 spiro atoms. The van der Waals surface area contributed by atoms with Crippen LogP contribution in [0.25, 0.3) is 0 Å². The number of aryl methyl sites for hydroxylation is 1. The third kappa shape index (κ3) is 5.73. The molecule has 2 heteroatoms. The maximum Gasteiger partial charge on any atom is 0.119 e. The minimum atomic E-state index is 0.274. The molecular weight excluding hydrogens is 210 g/mol. The van der Waals surface area contributed by atoms with Gasteiger partial charge in [-0.05, 0) is 50.8 Å². The van der Waals surface area contributed by atoms with E-state index in [1.807, 2.05) is 6.92 Å². The van der Waals surface area contributed by atoms with E-state index in [9.17, 15) is 0 Å². The summed E-state index contributed by atoms with van der Waals surface area (Å²) in [6, 6.07) is 8.66. The van der Waals surface area contributed by atoms with Gasteiger partial charge in [-0.25, -0.2) is 0 Å². The Hall–Kier alpha value is -1.02. The zero-order valence-corrected chi connectivity index (χ0v) is 11.3. The zero-order valence-electron chi connectivity index (χ0n) is 11.3. The van der Waals surface area contributed by atoms with Crippen molar-refractivity contribution >= 4 is 0 Å². The van der Waals surface area contributed by atoms with Crippen molar-refractivity contribution < 1.29 is 4.74 Å². The van der Waals surface area contributed by atoms with E-state index in [4.69, 9.17) is 10.5 Å². The molecule has 0 bridgehead atoms. The van der Waals surface area contributed by atoms with Gasteiger partial charge in [0.25, 0.3) is 0 Å². The third-order valence-electron chi connectivity index (χ3n) is 2.84. The molecule has 0 amide bonds. The second kappa shape index (κ2) is 7.33. The van der Waals surface area contributed by atoms with Gasteiger partial charge in [-0.3, -0.25) is 0 Å². The Labute approximate surface area is 105 Å². The summed E-state index contributed by atoms with van der Waals surface area (Å²) in [5, 5.41) is 0. The standard InChI is InChI=1S/C15H25NO/c1-4-5-13(3)17-15-10-8-14(9-11-15)7-6-12(2)16/h8-13H,4-7,16H2,1-3H3. The van der Waals surface area contributed by atoms with Gasteiger partial charge in [0.15, 0.2) is 0 Å². The highest BCUT2D eigenvalue weighted by molar-refractivity contribution is 5.27. The van der Waals surface area contributed by atoms with Crippen LogP contribution in [0.15, 0.2) is 24.3 Å². The average molecular weight is 235 g/mol. The van der Waals surface area contributed by atoms with Crippen molar-refractivity contribution in [1.29, 1.82) is 0 Å². The van der Waals surface area contributed by atoms with E-state index in [2.05, 4.69) is 38.1 Å². The Morgan fingerprint density at radius 1 is 1.12 bits per heavy atom. The van der Waals surface area contributed by atoms with Crippen LogP contribution in [-0.2, 0) is 6.42 Å². The summed E-state index contributed by atoms with van der Waals surface area (Å²) >= 11 is 0. The molecular formula is C15H25NO. The fraction of sp³-hybridized carbons (Fsp3) is 0.600. The van der Waals surface area contributed by atoms with Gasteiger partial charge in [0.2, 0.25) is 0 Å². The molecule has 1 rings (SSSR count). The molecule has 2 N–H and O–H groups in total. The molecule has 1 aromatic carbocycles. The first-order valence-electron chi connectivity index (χ1n) is 6.63. The summed E-state index contributed by atoms with van der Waals surface area (Å²) in [6.45, 7) is 6.34. The van der Waals surface area contributed by atoms with E-state index in [1.165, 1.54) is 5.56 Å². The van der Waals surface area contributed by atoms with E-state index in [1.54, 1.807) is 0 Å². The van der Waals surface area contributed by atoms with E-state index in [0.717, 1.165) is 31.4 Å². The second-order valence-electron chi connectivity index (χ2n) is 4.88. The molecule has 0 aliphatic carbocycles. The molecule has 96 valence electrons. The molecule has 0 heterocycles. The van der Waals surface area contributed by atoms with Crippen LogP contribution in [0.4, 0.5) is 0 Å². The summed E-state index contributed by atoms with van der Waals surface area (Å²) in [4.78, 5) is 0. The maximum absolute atomic E-state index is 5.81. The van der Waals surface area contributed by atoms with E-state index in [0.29, 0.717) is 6.10 Å². The molecule has 0 aliphatic rings. The molecule has 0 fully saturated rings. The highest BCUT2D eigenvalue weighted by atomic mass is 16.5. The molecule has 2 unspecified atom stereocenters. The summed E-state index contributed by atoms with van der Waals surface area (Å²) < 4.78 is 5.81. The largest absolute Gasteiger partial charge is 0.491 e. The first-order valence-corrected chi connectivity index (χ1v) is 6.63. The minimum absolute atomic E-state index is 0.274. The Morgan fingerprint density at radius 3 is 2.29 bits per heavy atom. The van der Waals surface area contributed by atoms with Crippen molar-refractivity contribution in [2.45, 2.75) is 58.6 Å². The van der Waals surface area contributed by atoms with Gasteiger partial charge in [-0.1, -0.05) is 25.5 Å². The van der Waals surface area contributed by atoms with Crippen LogP contribution in [0.5, 0.6) is 5.75 Å². The van der Waals surface area contributed by atoms with Crippen molar-refractivity contribution in [2.75, 3.05) is 0 Å². The topological polar surface area (TPSA) is 35.2 Å². The SMILES string of the molecule is CCCC(C)Oc1ccc(CCC(C)N)cc1. The summed E-state index contributed by atoms with van der Waals surface area (Å²) in [6.07, 6.45) is 4.64. The normalized spacial score (nSPS) is 14.4. The summed E-state index contributed by atoms with van der Waals surface area (Å²) in [7, 11) is 0. The van der Waals surface area contributed by atoms with Gasteiger partial charge in [-0.2, -0.15) is 0 Å². The van der Waals surface area contributed by atoms with Crippen LogP contribution in [-0.4, -0.2) is 12.1 Å². The van der Waals surface area contributed by atoms with Crippen LogP contribution in [0.3, 0.4) is 0 Å². The number of benzene rings is 1. The lowest BCUT2D eigenvalue weighted by Crippen LogP contribution is -2.15. The van der Waals surface area contributed by atoms with Crippen LogP contribution >= 0.6 is 0 Å². The number of ether oxygens (including phenoxy) is 1. The van der Waals surface area contributed by atoms with Crippen LogP contribution < -0.4 is 10.5 Å². The van der Waals surface area contributed by atoms with Gasteiger partial charge >= 0.3 is 0 Å². The van der Waals surface area contributed by atoms with Crippen LogP contribution in [0.1, 0.15) is 45.6 Å². The highest BCUT2D eigenvalue weighted by Crippen LogP contribution is 2.16. The molecule has 2 nitrogen and oxygen atoms in total. The molecule has 17 heavy (non-hydrogen) atoms. The van der Waals surface area contributed by atoms with Gasteiger partial charge < -0.3 is 10.5 Å². The predicted octanol–water partition coefficient (Wildman–Crippen LogP) is 3.53. The molecule has 1 aromatic rings. The van der Waals surface area contributed by atoms with E-state index < -0.39 is 0 Å². The Kier molecular flexibility index (Phi) is 6.06. The van der Waals surface area contributed by atoms with E-state index in [-0.39, 0.29) is 6.04 Å². The van der Waals surface area contributed by atoms with Gasteiger partial charge in [-0.15, -0.1) is 0 Å². The fourth-order valence-corrected chi connectivity index (χ4v) is 1.83. The maximum atomic E-state index is 5.81. The van der Waals surface area contributed by atoms with Crippen molar-refractivity contribution in [2.24, 2.45) is 5.73 Å². The van der Waals surface area contributed by atoms with Crippen LogP contribution in [0.2, 0.25) is 0 Å². The number of rotatable bonds is 7. The fourth-order valence-electron chi connectivity index (χ4n) is 1.83. The minimum Gasteiger partial charge on any atom is -0.491 e. The second-order valence-corrected chi connectivity index (χ2v) is 4.88. The number of hydrogen-bond donors (Lipinski definition) is 1. The number of nitrogens with two attached hydrogens (primary N) is 1. The lowest BCUT2D eigenvalue weighted by molar-refractivity contribution is 0.210. The Bertz CT molecular complexity index is 305. The molecule has 0 saturated heterocycles. The number of hydrogen-bond acceptors (Lipinski definition) is 2. The first kappa shape index (κ1) is 14.0. The third-order valence-corrected chi connectivity index (χ3v) is 2.84. The molecule has 0 aromatic heterocycles. The van der Waals surface area contributed by atoms with Gasteiger partial charge in [0.1, 0.15) is 5.75 Å². The monoisotopic (exact) mass is 235 g/mol. The van der Waals surface area contributed by atoms with Crippen molar-refractivity contribution in [3.8, 4) is 5.75 Å². The summed E-state index contributed by atoms with van der Waals surface area (Å²) in [5.41, 5.74) is 7.08. The molecule has 0 radical (unpaired) electrons. The van der Waals surface area contributed by atoms with Crippen molar-refractivity contribution in [3.63, 3.8) is 0 Å². The lowest BCUT2D eigenvalue weighted by Gasteiger charge is -2.14. The highest BCUT2D eigenvalue weighted by Gasteiger charge is 2.03. The smallest absolute Gasteiger partial charge is 0.119 e. The summed E-state index contributed by atoms with van der Waals surface area (Å²) in [5.74, 6) is 0.968. The van der Waals surface area contributed by atoms with Gasteiger partial charge in [0.05, 0.1) is 6.10 Å². The lowest BCUT2D eigenvalue weighted by atomic mass is 10.1. The van der Waals surface area contributed by atoms with Gasteiger partial charge in [0, 0.05) is 6.04 Å². The molecule has 0 saturated carbocycles. The van der Waals surface area contributed by atoms with Crippen LogP contribution in [0, 0.1) is 0 Å². The van der Waals surface area contributed by atoms with Crippen molar-refractivity contribution in [3.05, 3.63) is 29.8 Å². The zero-order chi connectivity index (χ0) is 12.7. The van der Waals surface area contributed by atoms with Crippen molar-refractivity contribution in [1.82, 2.24) is 0 Å². The van der Waals surface area contributed by atoms with E-state index >= 15 is 0 Å². The predicted molar refractivity (Wildman–Crippen MR) is 73.4 cm³/mol. The average Bonchev–Trinajstić information content (AvgIpc) is 2.28. The molecule has 2 atom stereocenters.